The number of likely N-dealkylation sites (N-methyl/N-ethyl adjacent to an activating group) is 1. The topological polar surface area (TPSA) is 45.2 Å². The highest BCUT2D eigenvalue weighted by molar-refractivity contribution is 6.01. The van der Waals surface area contributed by atoms with Gasteiger partial charge in [-0.3, -0.25) is 4.79 Å². The third kappa shape index (κ3) is 2.33. The Bertz CT molecular complexity index is 599. The number of hydrogen-bond donors (Lipinski definition) is 1. The third-order valence-electron chi connectivity index (χ3n) is 2.79. The lowest BCUT2D eigenvalue weighted by Gasteiger charge is -2.18. The van der Waals surface area contributed by atoms with Gasteiger partial charge in [0.25, 0.3) is 5.91 Å². The van der Waals surface area contributed by atoms with Crippen molar-refractivity contribution in [3.05, 3.63) is 72.7 Å². The summed E-state index contributed by atoms with van der Waals surface area (Å²) in [6, 6.07) is 3.49. The molecule has 1 aromatic rings. The van der Waals surface area contributed by atoms with E-state index in [1.165, 1.54) is 0 Å². The number of amides is 1. The summed E-state index contributed by atoms with van der Waals surface area (Å²) in [6.07, 6.45) is 8.51. The largest absolute Gasteiger partial charge is 0.338 e. The van der Waals surface area contributed by atoms with Crippen molar-refractivity contribution >= 4 is 11.7 Å². The maximum atomic E-state index is 12.4. The highest BCUT2D eigenvalue weighted by Gasteiger charge is 2.25. The zero-order valence-corrected chi connectivity index (χ0v) is 10.8. The van der Waals surface area contributed by atoms with Crippen molar-refractivity contribution in [1.29, 1.82) is 0 Å². The summed E-state index contributed by atoms with van der Waals surface area (Å²) in [5.41, 5.74) is 2.01. The van der Waals surface area contributed by atoms with Crippen LogP contribution in [0.4, 0.5) is 5.82 Å². The van der Waals surface area contributed by atoms with E-state index in [0.717, 1.165) is 11.4 Å². The van der Waals surface area contributed by atoms with Gasteiger partial charge in [-0.2, -0.15) is 0 Å². The second kappa shape index (κ2) is 5.35. The molecule has 0 aromatic carbocycles. The van der Waals surface area contributed by atoms with Gasteiger partial charge in [-0.15, -0.1) is 0 Å². The fourth-order valence-electron chi connectivity index (χ4n) is 1.90. The average Bonchev–Trinajstić information content (AvgIpc) is 2.51. The molecule has 0 aliphatic carbocycles. The van der Waals surface area contributed by atoms with Crippen molar-refractivity contribution in [2.24, 2.45) is 0 Å². The maximum absolute atomic E-state index is 12.4. The van der Waals surface area contributed by atoms with Crippen LogP contribution in [0.3, 0.4) is 0 Å². The Morgan fingerprint density at radius 3 is 2.74 bits per heavy atom. The zero-order chi connectivity index (χ0) is 13.8. The van der Waals surface area contributed by atoms with Crippen LogP contribution < -0.4 is 5.32 Å². The third-order valence-corrected chi connectivity index (χ3v) is 2.79. The molecule has 96 valence electrons. The van der Waals surface area contributed by atoms with Crippen LogP contribution in [-0.4, -0.2) is 22.8 Å². The highest BCUT2D eigenvalue weighted by Crippen LogP contribution is 2.26. The predicted molar refractivity (Wildman–Crippen MR) is 76.5 cm³/mol. The normalized spacial score (nSPS) is 18.8. The van der Waals surface area contributed by atoms with Gasteiger partial charge in [0.05, 0.1) is 17.0 Å². The van der Waals surface area contributed by atoms with Gasteiger partial charge in [0.2, 0.25) is 0 Å². The summed E-state index contributed by atoms with van der Waals surface area (Å²) in [5, 5.41) is 3.16. The lowest BCUT2D eigenvalue weighted by molar-refractivity contribution is 0.0842. The molecule has 4 heteroatoms. The van der Waals surface area contributed by atoms with E-state index in [0.29, 0.717) is 11.4 Å². The molecule has 0 saturated carbocycles. The maximum Gasteiger partial charge on any atom is 0.261 e. The number of allylic oxidation sites excluding steroid dienone is 4. The van der Waals surface area contributed by atoms with E-state index in [-0.39, 0.29) is 5.91 Å². The summed E-state index contributed by atoms with van der Waals surface area (Å²) >= 11 is 0. The number of rotatable bonds is 2. The highest BCUT2D eigenvalue weighted by atomic mass is 16.2. The van der Waals surface area contributed by atoms with Crippen molar-refractivity contribution < 1.29 is 4.79 Å². The van der Waals surface area contributed by atoms with Crippen molar-refractivity contribution in [2.45, 2.75) is 0 Å². The van der Waals surface area contributed by atoms with Gasteiger partial charge in [-0.05, 0) is 24.3 Å². The molecule has 4 nitrogen and oxygen atoms in total. The van der Waals surface area contributed by atoms with Gasteiger partial charge in [0.15, 0.2) is 0 Å². The number of carbonyl (C=O) groups excluding carboxylic acids is 1. The fourth-order valence-corrected chi connectivity index (χ4v) is 1.90. The van der Waals surface area contributed by atoms with Gasteiger partial charge in [0, 0.05) is 13.2 Å². The van der Waals surface area contributed by atoms with Gasteiger partial charge in [-0.25, -0.2) is 4.98 Å². The van der Waals surface area contributed by atoms with E-state index in [1.54, 1.807) is 54.6 Å². The fraction of sp³-hybridized carbons (Fsp3) is 0.0667. The summed E-state index contributed by atoms with van der Waals surface area (Å²) < 4.78 is 0. The van der Waals surface area contributed by atoms with E-state index in [2.05, 4.69) is 23.5 Å². The Balaban J connectivity index is 2.63. The Hall–Kier alpha value is -2.62. The summed E-state index contributed by atoms with van der Waals surface area (Å²) in [7, 11) is 1.72. The van der Waals surface area contributed by atoms with E-state index >= 15 is 0 Å². The number of pyridine rings is 1. The monoisotopic (exact) mass is 253 g/mol. The Morgan fingerprint density at radius 1 is 1.32 bits per heavy atom. The summed E-state index contributed by atoms with van der Waals surface area (Å²) in [6.45, 7) is 7.36. The molecule has 0 unspecified atom stereocenters. The van der Waals surface area contributed by atoms with Crippen LogP contribution in [0.2, 0.25) is 0 Å². The van der Waals surface area contributed by atoms with Crippen molar-refractivity contribution in [1.82, 2.24) is 9.88 Å². The minimum atomic E-state index is -0.115. The van der Waals surface area contributed by atoms with Crippen molar-refractivity contribution in [3.63, 3.8) is 0 Å². The minimum Gasteiger partial charge on any atom is -0.338 e. The zero-order valence-electron chi connectivity index (χ0n) is 10.8. The SMILES string of the molecule is C=C/C=C1/Nc2ncccc2C(=O)N(C)/C1=C/C=C. The molecule has 1 aliphatic rings. The van der Waals surface area contributed by atoms with Crippen LogP contribution >= 0.6 is 0 Å². The molecule has 0 saturated heterocycles. The van der Waals surface area contributed by atoms with E-state index < -0.39 is 0 Å². The lowest BCUT2D eigenvalue weighted by Crippen LogP contribution is -2.25. The van der Waals surface area contributed by atoms with E-state index in [4.69, 9.17) is 0 Å². The molecule has 2 rings (SSSR count). The Labute approximate surface area is 112 Å². The lowest BCUT2D eigenvalue weighted by atomic mass is 10.2. The molecule has 0 radical (unpaired) electrons. The molecule has 2 heterocycles. The first-order chi connectivity index (χ1) is 9.19. The number of anilines is 1. The van der Waals surface area contributed by atoms with E-state index in [9.17, 15) is 4.79 Å². The smallest absolute Gasteiger partial charge is 0.261 e. The number of nitrogens with zero attached hydrogens (tertiary/aromatic N) is 2. The van der Waals surface area contributed by atoms with Crippen molar-refractivity contribution in [2.75, 3.05) is 12.4 Å². The van der Waals surface area contributed by atoms with Crippen molar-refractivity contribution in [3.8, 4) is 0 Å². The Morgan fingerprint density at radius 2 is 2.05 bits per heavy atom. The molecule has 0 atom stereocenters. The average molecular weight is 253 g/mol. The van der Waals surface area contributed by atoms with Crippen LogP contribution in [0.1, 0.15) is 10.4 Å². The molecule has 0 fully saturated rings. The Kier molecular flexibility index (Phi) is 3.61. The van der Waals surface area contributed by atoms with Crippen LogP contribution in [0.25, 0.3) is 0 Å². The molecule has 19 heavy (non-hydrogen) atoms. The molecule has 1 N–H and O–H groups in total. The minimum absolute atomic E-state index is 0.115. The molecule has 0 spiro atoms. The first-order valence-corrected chi connectivity index (χ1v) is 5.85. The molecular formula is C15H15N3O. The van der Waals surface area contributed by atoms with Crippen LogP contribution in [0.5, 0.6) is 0 Å². The number of nitrogens with one attached hydrogen (secondary N) is 1. The first kappa shape index (κ1) is 12.8. The first-order valence-electron chi connectivity index (χ1n) is 5.85. The van der Waals surface area contributed by atoms with Gasteiger partial charge in [-0.1, -0.05) is 25.3 Å². The van der Waals surface area contributed by atoms with E-state index in [1.807, 2.05) is 0 Å². The number of carbonyl (C=O) groups is 1. The standard InChI is InChI=1S/C15H15N3O/c1-4-7-12-13(8-5-2)18(3)15(19)11-9-6-10-16-14(11)17-12/h4-10H,1-2H2,3H3,(H,16,17)/b12-7+,13-8+. The van der Waals surface area contributed by atoms with Crippen LogP contribution in [0.15, 0.2) is 67.2 Å². The summed E-state index contributed by atoms with van der Waals surface area (Å²) in [5.74, 6) is 0.427. The number of aromatic nitrogens is 1. The van der Waals surface area contributed by atoms with Gasteiger partial charge >= 0.3 is 0 Å². The second-order valence-electron chi connectivity index (χ2n) is 3.99. The number of hydrogen-bond acceptors (Lipinski definition) is 3. The quantitative estimate of drug-likeness (QED) is 0.881. The molecule has 1 amide bonds. The molecule has 1 aliphatic heterocycles. The second-order valence-corrected chi connectivity index (χ2v) is 3.99. The van der Waals surface area contributed by atoms with Gasteiger partial charge in [0.1, 0.15) is 5.82 Å². The molecule has 0 bridgehead atoms. The number of fused-ring (bicyclic) bond motifs is 1. The summed E-state index contributed by atoms with van der Waals surface area (Å²) in [4.78, 5) is 18.2. The van der Waals surface area contributed by atoms with Crippen LogP contribution in [0, 0.1) is 0 Å². The van der Waals surface area contributed by atoms with Crippen LogP contribution in [-0.2, 0) is 0 Å². The predicted octanol–water partition coefficient (Wildman–Crippen LogP) is 2.72. The van der Waals surface area contributed by atoms with Gasteiger partial charge < -0.3 is 10.2 Å². The molecule has 1 aromatic heterocycles. The molecular weight excluding hydrogens is 238 g/mol.